The van der Waals surface area contributed by atoms with Gasteiger partial charge in [-0.05, 0) is 25.1 Å². The average molecular weight is 391 g/mol. The Morgan fingerprint density at radius 2 is 2.33 bits per heavy atom. The fraction of sp³-hybridized carbons (Fsp3) is 0.353. The van der Waals surface area contributed by atoms with Gasteiger partial charge in [-0.1, -0.05) is 22.0 Å². The van der Waals surface area contributed by atoms with E-state index in [0.717, 1.165) is 10.2 Å². The third-order valence-corrected chi connectivity index (χ3v) is 4.54. The highest BCUT2D eigenvalue weighted by Crippen LogP contribution is 2.27. The van der Waals surface area contributed by atoms with Gasteiger partial charge in [0.15, 0.2) is 0 Å². The number of aromatic nitrogens is 2. The Morgan fingerprint density at radius 3 is 3.04 bits per heavy atom. The molecule has 2 aromatic rings. The number of amides is 2. The van der Waals surface area contributed by atoms with E-state index in [2.05, 4.69) is 26.2 Å². The molecule has 7 heteroatoms. The van der Waals surface area contributed by atoms with Crippen LogP contribution in [-0.2, 0) is 16.1 Å². The molecule has 1 saturated heterocycles. The fourth-order valence-corrected chi connectivity index (χ4v) is 3.28. The topological polar surface area (TPSA) is 67.2 Å². The second kappa shape index (κ2) is 7.17. The quantitative estimate of drug-likeness (QED) is 0.850. The van der Waals surface area contributed by atoms with Crippen LogP contribution in [0.25, 0.3) is 0 Å². The van der Waals surface area contributed by atoms with Crippen molar-refractivity contribution < 1.29 is 9.59 Å². The van der Waals surface area contributed by atoms with E-state index in [-0.39, 0.29) is 30.2 Å². The van der Waals surface area contributed by atoms with Gasteiger partial charge in [0.25, 0.3) is 0 Å². The fourth-order valence-electron chi connectivity index (χ4n) is 2.89. The average Bonchev–Trinajstić information content (AvgIpc) is 3.16. The number of imidazole rings is 1. The first-order valence-corrected chi connectivity index (χ1v) is 8.64. The van der Waals surface area contributed by atoms with Crippen molar-refractivity contribution >= 4 is 33.4 Å². The van der Waals surface area contributed by atoms with Crippen molar-refractivity contribution in [1.82, 2.24) is 14.9 Å². The van der Waals surface area contributed by atoms with Gasteiger partial charge in [-0.15, -0.1) is 0 Å². The molecular formula is C17H19BrN4O2. The number of hydrogen-bond acceptors (Lipinski definition) is 3. The Kier molecular flexibility index (Phi) is 4.99. The summed E-state index contributed by atoms with van der Waals surface area (Å²) < 4.78 is 2.83. The molecule has 0 aliphatic carbocycles. The summed E-state index contributed by atoms with van der Waals surface area (Å²) in [5, 5.41) is 2.99. The summed E-state index contributed by atoms with van der Waals surface area (Å²) in [7, 11) is 0. The molecule has 3 rings (SSSR count). The minimum Gasteiger partial charge on any atom is -0.352 e. The van der Waals surface area contributed by atoms with Gasteiger partial charge < -0.3 is 14.8 Å². The van der Waals surface area contributed by atoms with Crippen LogP contribution < -0.4 is 10.2 Å². The summed E-state index contributed by atoms with van der Waals surface area (Å²) >= 11 is 3.41. The van der Waals surface area contributed by atoms with Crippen LogP contribution in [0.1, 0.15) is 13.3 Å². The molecule has 0 spiro atoms. The summed E-state index contributed by atoms with van der Waals surface area (Å²) in [6.45, 7) is 3.02. The van der Waals surface area contributed by atoms with Crippen LogP contribution in [0.15, 0.2) is 47.5 Å². The normalized spacial score (nSPS) is 18.7. The first kappa shape index (κ1) is 16.7. The Morgan fingerprint density at radius 1 is 1.50 bits per heavy atom. The number of benzene rings is 1. The van der Waals surface area contributed by atoms with Crippen LogP contribution in [0, 0.1) is 5.92 Å². The molecule has 2 amide bonds. The lowest BCUT2D eigenvalue weighted by atomic mass is 10.1. The number of halogens is 1. The van der Waals surface area contributed by atoms with Crippen molar-refractivity contribution in [3.05, 3.63) is 47.5 Å². The zero-order valence-electron chi connectivity index (χ0n) is 13.4. The molecule has 2 atom stereocenters. The van der Waals surface area contributed by atoms with Gasteiger partial charge in [0.1, 0.15) is 0 Å². The van der Waals surface area contributed by atoms with E-state index in [4.69, 9.17) is 0 Å². The molecular weight excluding hydrogens is 372 g/mol. The predicted molar refractivity (Wildman–Crippen MR) is 94.4 cm³/mol. The molecule has 0 saturated carbocycles. The van der Waals surface area contributed by atoms with Gasteiger partial charge in [-0.2, -0.15) is 0 Å². The number of anilines is 1. The van der Waals surface area contributed by atoms with Crippen molar-refractivity contribution in [3.63, 3.8) is 0 Å². The van der Waals surface area contributed by atoms with Gasteiger partial charge in [0.2, 0.25) is 11.8 Å². The molecule has 1 aromatic heterocycles. The van der Waals surface area contributed by atoms with Crippen molar-refractivity contribution in [2.24, 2.45) is 5.92 Å². The molecule has 1 aliphatic heterocycles. The van der Waals surface area contributed by atoms with Crippen molar-refractivity contribution in [1.29, 1.82) is 0 Å². The minimum atomic E-state index is -0.318. The third-order valence-electron chi connectivity index (χ3n) is 4.05. The lowest BCUT2D eigenvalue weighted by Crippen LogP contribution is -2.40. The second-order valence-corrected chi connectivity index (χ2v) is 6.97. The molecule has 0 bridgehead atoms. The summed E-state index contributed by atoms with van der Waals surface area (Å²) in [6.07, 6.45) is 5.53. The van der Waals surface area contributed by atoms with Gasteiger partial charge in [-0.3, -0.25) is 9.59 Å². The number of nitrogens with one attached hydrogen (secondary N) is 1. The van der Waals surface area contributed by atoms with Crippen LogP contribution in [0.2, 0.25) is 0 Å². The van der Waals surface area contributed by atoms with Crippen molar-refractivity contribution in [3.8, 4) is 0 Å². The van der Waals surface area contributed by atoms with Gasteiger partial charge in [0.05, 0.1) is 12.2 Å². The monoisotopic (exact) mass is 390 g/mol. The molecule has 1 N–H and O–H groups in total. The zero-order chi connectivity index (χ0) is 17.1. The maximum atomic E-state index is 12.4. The van der Waals surface area contributed by atoms with E-state index in [1.807, 2.05) is 42.0 Å². The highest BCUT2D eigenvalue weighted by molar-refractivity contribution is 9.10. The first-order valence-electron chi connectivity index (χ1n) is 7.85. The summed E-state index contributed by atoms with van der Waals surface area (Å²) in [5.41, 5.74) is 0.816. The Hall–Kier alpha value is -2.15. The first-order chi connectivity index (χ1) is 11.5. The van der Waals surface area contributed by atoms with E-state index >= 15 is 0 Å². The van der Waals surface area contributed by atoms with Gasteiger partial charge in [-0.25, -0.2) is 4.98 Å². The molecule has 0 radical (unpaired) electrons. The van der Waals surface area contributed by atoms with E-state index in [1.54, 1.807) is 17.4 Å². The Bertz CT molecular complexity index is 732. The van der Waals surface area contributed by atoms with Crippen LogP contribution in [0.4, 0.5) is 5.69 Å². The largest absolute Gasteiger partial charge is 0.352 e. The molecule has 24 heavy (non-hydrogen) atoms. The van der Waals surface area contributed by atoms with Crippen molar-refractivity contribution in [2.75, 3.05) is 11.4 Å². The van der Waals surface area contributed by atoms with Crippen LogP contribution in [0.3, 0.4) is 0 Å². The predicted octanol–water partition coefficient (Wildman–Crippen LogP) is 2.20. The van der Waals surface area contributed by atoms with Crippen LogP contribution >= 0.6 is 15.9 Å². The molecule has 6 nitrogen and oxygen atoms in total. The Balaban J connectivity index is 1.59. The third kappa shape index (κ3) is 3.84. The maximum Gasteiger partial charge on any atom is 0.227 e. The molecule has 1 aromatic carbocycles. The lowest BCUT2D eigenvalue weighted by molar-refractivity contribution is -0.126. The van der Waals surface area contributed by atoms with E-state index < -0.39 is 0 Å². The SMILES string of the molecule is CC(Cn1ccnc1)NC(=O)C1CC(=O)N(c2cccc(Br)c2)C1. The standard InChI is InChI=1S/C17H19BrN4O2/c1-12(9-21-6-5-19-11-21)20-17(24)13-7-16(23)22(10-13)15-4-2-3-14(18)8-15/h2-6,8,11-13H,7,9-10H2,1H3,(H,20,24). The lowest BCUT2D eigenvalue weighted by Gasteiger charge is -2.19. The van der Waals surface area contributed by atoms with Gasteiger partial charge >= 0.3 is 0 Å². The second-order valence-electron chi connectivity index (χ2n) is 6.05. The number of carbonyl (C=O) groups excluding carboxylic acids is 2. The maximum absolute atomic E-state index is 12.4. The number of nitrogens with zero attached hydrogens (tertiary/aromatic N) is 3. The summed E-state index contributed by atoms with van der Waals surface area (Å²) in [4.78, 5) is 30.4. The zero-order valence-corrected chi connectivity index (χ0v) is 14.9. The minimum absolute atomic E-state index is 0.0180. The molecule has 1 aliphatic rings. The van der Waals surface area contributed by atoms with Crippen LogP contribution in [-0.4, -0.2) is 34.0 Å². The smallest absolute Gasteiger partial charge is 0.227 e. The molecule has 2 unspecified atom stereocenters. The summed E-state index contributed by atoms with van der Waals surface area (Å²) in [5.74, 6) is -0.411. The van der Waals surface area contributed by atoms with E-state index in [1.165, 1.54) is 0 Å². The molecule has 1 fully saturated rings. The summed E-state index contributed by atoms with van der Waals surface area (Å²) in [6, 6.07) is 7.53. The molecule has 126 valence electrons. The highest BCUT2D eigenvalue weighted by atomic mass is 79.9. The number of rotatable bonds is 5. The van der Waals surface area contributed by atoms with Gasteiger partial charge in [0, 0.05) is 48.1 Å². The number of carbonyl (C=O) groups is 2. The van der Waals surface area contributed by atoms with Crippen molar-refractivity contribution in [2.45, 2.75) is 25.9 Å². The number of hydrogen-bond donors (Lipinski definition) is 1. The highest BCUT2D eigenvalue weighted by Gasteiger charge is 2.35. The molecule has 2 heterocycles. The van der Waals surface area contributed by atoms with Crippen LogP contribution in [0.5, 0.6) is 0 Å². The Labute approximate surface area is 149 Å². The van der Waals surface area contributed by atoms with E-state index in [0.29, 0.717) is 13.1 Å². The van der Waals surface area contributed by atoms with E-state index in [9.17, 15) is 9.59 Å².